The second-order valence-electron chi connectivity index (χ2n) is 5.14. The molecule has 23 heavy (non-hydrogen) atoms. The quantitative estimate of drug-likeness (QED) is 0.845. The van der Waals surface area contributed by atoms with Gasteiger partial charge in [0.05, 0.1) is 0 Å². The van der Waals surface area contributed by atoms with Crippen molar-refractivity contribution < 1.29 is 13.9 Å². The molecule has 122 valence electrons. The van der Waals surface area contributed by atoms with Gasteiger partial charge in [-0.2, -0.15) is 0 Å². The topological polar surface area (TPSA) is 55.6 Å². The molecule has 0 aromatic heterocycles. The van der Waals surface area contributed by atoms with E-state index in [9.17, 15) is 9.18 Å². The molecule has 0 aliphatic carbocycles. The highest BCUT2D eigenvalue weighted by atomic mass is 35.5. The molecule has 4 nitrogen and oxygen atoms in total. The fraction of sp³-hybridized carbons (Fsp3) is 0.235. The van der Waals surface area contributed by atoms with Gasteiger partial charge in [0.1, 0.15) is 24.2 Å². The maximum Gasteiger partial charge on any atom is 0.239 e. The van der Waals surface area contributed by atoms with Crippen LogP contribution >= 0.6 is 11.6 Å². The van der Waals surface area contributed by atoms with Crippen molar-refractivity contribution in [1.82, 2.24) is 4.90 Å². The number of hydrogen-bond donors (Lipinski definition) is 1. The van der Waals surface area contributed by atoms with Gasteiger partial charge >= 0.3 is 0 Å². The maximum atomic E-state index is 13.0. The number of hydrogen-bond acceptors (Lipinski definition) is 3. The molecule has 0 heterocycles. The first-order valence-electron chi connectivity index (χ1n) is 7.11. The van der Waals surface area contributed by atoms with Gasteiger partial charge in [0.15, 0.2) is 0 Å². The number of nitrogens with zero attached hydrogens (tertiary/aromatic N) is 1. The van der Waals surface area contributed by atoms with Crippen LogP contribution in [0.2, 0.25) is 5.02 Å². The number of halogens is 2. The number of primary amides is 1. The van der Waals surface area contributed by atoms with Crippen LogP contribution in [0.4, 0.5) is 4.39 Å². The number of carbonyl (C=O) groups excluding carboxylic acids is 1. The van der Waals surface area contributed by atoms with E-state index in [1.54, 1.807) is 48.3 Å². The van der Waals surface area contributed by atoms with Crippen LogP contribution in [0.15, 0.2) is 48.5 Å². The molecular formula is C17H18ClFN2O2. The molecular weight excluding hydrogens is 319 g/mol. The zero-order valence-corrected chi connectivity index (χ0v) is 13.5. The van der Waals surface area contributed by atoms with Gasteiger partial charge < -0.3 is 10.5 Å². The van der Waals surface area contributed by atoms with Gasteiger partial charge in [-0.25, -0.2) is 4.39 Å². The van der Waals surface area contributed by atoms with Gasteiger partial charge in [0.25, 0.3) is 0 Å². The summed E-state index contributed by atoms with van der Waals surface area (Å²) in [6.07, 6.45) is 0. The summed E-state index contributed by atoms with van der Waals surface area (Å²) in [4.78, 5) is 13.5. The number of benzene rings is 2. The van der Waals surface area contributed by atoms with Gasteiger partial charge in [-0.3, -0.25) is 9.69 Å². The van der Waals surface area contributed by atoms with Crippen molar-refractivity contribution in [3.8, 4) is 5.75 Å². The third-order valence-corrected chi connectivity index (χ3v) is 3.64. The van der Waals surface area contributed by atoms with E-state index in [2.05, 4.69) is 0 Å². The summed E-state index contributed by atoms with van der Waals surface area (Å²) in [7, 11) is 1.76. The zero-order valence-electron chi connectivity index (χ0n) is 12.7. The fourth-order valence-corrected chi connectivity index (χ4v) is 2.45. The minimum atomic E-state index is -0.640. The van der Waals surface area contributed by atoms with Crippen LogP contribution in [-0.4, -0.2) is 31.0 Å². The first-order chi connectivity index (χ1) is 11.0. The minimum absolute atomic E-state index is 0.357. The Bertz CT molecular complexity index is 664. The number of carbonyl (C=O) groups is 1. The van der Waals surface area contributed by atoms with Crippen molar-refractivity contribution in [2.24, 2.45) is 5.73 Å². The standard InChI is InChI=1S/C17H18ClFN2O2/c1-21(9-10-23-15-4-2-3-13(18)11-15)16(17(20)22)12-5-7-14(19)8-6-12/h2-8,11,16H,9-10H2,1H3,(H2,20,22)/t16-/m0/s1. The highest BCUT2D eigenvalue weighted by Gasteiger charge is 2.22. The Morgan fingerprint density at radius 3 is 2.61 bits per heavy atom. The predicted molar refractivity (Wildman–Crippen MR) is 87.9 cm³/mol. The Hall–Kier alpha value is -2.11. The van der Waals surface area contributed by atoms with Gasteiger partial charge in [-0.15, -0.1) is 0 Å². The Labute approximate surface area is 139 Å². The average molecular weight is 337 g/mol. The lowest BCUT2D eigenvalue weighted by atomic mass is 10.1. The smallest absolute Gasteiger partial charge is 0.239 e. The van der Waals surface area contributed by atoms with Gasteiger partial charge in [-0.1, -0.05) is 29.8 Å². The first-order valence-corrected chi connectivity index (χ1v) is 7.48. The molecule has 0 unspecified atom stereocenters. The van der Waals surface area contributed by atoms with Crippen LogP contribution in [0.3, 0.4) is 0 Å². The van der Waals surface area contributed by atoms with Crippen LogP contribution in [0.5, 0.6) is 5.75 Å². The molecule has 0 bridgehead atoms. The SMILES string of the molecule is CN(CCOc1cccc(Cl)c1)[C@H](C(N)=O)c1ccc(F)cc1. The first kappa shape index (κ1) is 17.2. The Morgan fingerprint density at radius 1 is 1.30 bits per heavy atom. The van der Waals surface area contributed by atoms with E-state index >= 15 is 0 Å². The lowest BCUT2D eigenvalue weighted by molar-refractivity contribution is -0.123. The van der Waals surface area contributed by atoms with Crippen molar-refractivity contribution in [2.75, 3.05) is 20.2 Å². The molecule has 2 aromatic carbocycles. The molecule has 0 saturated carbocycles. The Balaban J connectivity index is 1.97. The number of nitrogens with two attached hydrogens (primary N) is 1. The van der Waals surface area contributed by atoms with Crippen molar-refractivity contribution in [1.29, 1.82) is 0 Å². The number of amides is 1. The van der Waals surface area contributed by atoms with Crippen LogP contribution < -0.4 is 10.5 Å². The molecule has 2 rings (SSSR count). The van der Waals surface area contributed by atoms with Crippen LogP contribution in [-0.2, 0) is 4.79 Å². The van der Waals surface area contributed by atoms with Crippen LogP contribution in [0, 0.1) is 5.82 Å². The van der Waals surface area contributed by atoms with E-state index in [4.69, 9.17) is 22.1 Å². The molecule has 2 aromatic rings. The lowest BCUT2D eigenvalue weighted by Gasteiger charge is -2.25. The molecule has 6 heteroatoms. The summed E-state index contributed by atoms with van der Waals surface area (Å²) in [6, 6.07) is 12.2. The average Bonchev–Trinajstić information content (AvgIpc) is 2.49. The molecule has 0 aliphatic rings. The van der Waals surface area contributed by atoms with Gasteiger partial charge in [0, 0.05) is 11.6 Å². The molecule has 1 amide bonds. The normalized spacial score (nSPS) is 12.2. The van der Waals surface area contributed by atoms with Gasteiger partial charge in [-0.05, 0) is 42.9 Å². The highest BCUT2D eigenvalue weighted by molar-refractivity contribution is 6.30. The summed E-state index contributed by atoms with van der Waals surface area (Å²) in [6.45, 7) is 0.833. The van der Waals surface area contributed by atoms with E-state index < -0.39 is 11.9 Å². The van der Waals surface area contributed by atoms with E-state index in [1.807, 2.05) is 0 Å². The second-order valence-corrected chi connectivity index (χ2v) is 5.58. The Kier molecular flexibility index (Phi) is 5.96. The number of likely N-dealkylation sites (N-methyl/N-ethyl adjacent to an activating group) is 1. The summed E-state index contributed by atoms with van der Waals surface area (Å²) in [5, 5.41) is 0.595. The summed E-state index contributed by atoms with van der Waals surface area (Å²) >= 11 is 5.89. The van der Waals surface area contributed by atoms with Crippen molar-refractivity contribution in [3.63, 3.8) is 0 Å². The third kappa shape index (κ3) is 4.94. The molecule has 0 fully saturated rings. The second kappa shape index (κ2) is 7.94. The summed E-state index contributed by atoms with van der Waals surface area (Å²) < 4.78 is 18.6. The largest absolute Gasteiger partial charge is 0.492 e. The zero-order chi connectivity index (χ0) is 16.8. The number of ether oxygens (including phenoxy) is 1. The summed E-state index contributed by atoms with van der Waals surface area (Å²) in [5.41, 5.74) is 6.12. The molecule has 0 radical (unpaired) electrons. The predicted octanol–water partition coefficient (Wildman–Crippen LogP) is 3.02. The monoisotopic (exact) mass is 336 g/mol. The van der Waals surface area contributed by atoms with E-state index in [0.717, 1.165) is 0 Å². The molecule has 2 N–H and O–H groups in total. The number of rotatable bonds is 7. The molecule has 0 saturated heterocycles. The minimum Gasteiger partial charge on any atom is -0.492 e. The third-order valence-electron chi connectivity index (χ3n) is 3.40. The molecule has 0 aliphatic heterocycles. The van der Waals surface area contributed by atoms with E-state index in [1.165, 1.54) is 12.1 Å². The van der Waals surface area contributed by atoms with Gasteiger partial charge in [0.2, 0.25) is 5.91 Å². The van der Waals surface area contributed by atoms with E-state index in [-0.39, 0.29) is 5.82 Å². The van der Waals surface area contributed by atoms with E-state index in [0.29, 0.717) is 29.5 Å². The maximum absolute atomic E-state index is 13.0. The van der Waals surface area contributed by atoms with Crippen molar-refractivity contribution in [2.45, 2.75) is 6.04 Å². The van der Waals surface area contributed by atoms with Crippen molar-refractivity contribution >= 4 is 17.5 Å². The van der Waals surface area contributed by atoms with Crippen molar-refractivity contribution in [3.05, 3.63) is 64.9 Å². The fourth-order valence-electron chi connectivity index (χ4n) is 2.27. The molecule has 0 spiro atoms. The summed E-state index contributed by atoms with van der Waals surface area (Å²) in [5.74, 6) is -0.200. The molecule has 1 atom stereocenters. The van der Waals surface area contributed by atoms with Crippen LogP contribution in [0.25, 0.3) is 0 Å². The highest BCUT2D eigenvalue weighted by Crippen LogP contribution is 2.20. The Morgan fingerprint density at radius 2 is 2.00 bits per heavy atom. The lowest BCUT2D eigenvalue weighted by Crippen LogP contribution is -2.37. The van der Waals surface area contributed by atoms with Crippen LogP contribution in [0.1, 0.15) is 11.6 Å².